The number of hydrogen-bond donors (Lipinski definition) is 2. The number of phenols is 2. The highest BCUT2D eigenvalue weighted by Crippen LogP contribution is 2.52. The minimum absolute atomic E-state index is 0.0373. The number of hydrogen-bond acceptors (Lipinski definition) is 7. The van der Waals surface area contributed by atoms with Crippen LogP contribution in [0.15, 0.2) is 71.6 Å². The second kappa shape index (κ2) is 6.04. The Balaban J connectivity index is 2.13. The first-order valence-corrected chi connectivity index (χ1v) is 9.49. The smallest absolute Gasteiger partial charge is 0.305 e. The molecule has 8 nitrogen and oxygen atoms in total. The van der Waals surface area contributed by atoms with E-state index in [-0.39, 0.29) is 17.1 Å². The molecule has 28 heavy (non-hydrogen) atoms. The van der Waals surface area contributed by atoms with Crippen molar-refractivity contribution in [2.75, 3.05) is 0 Å². The number of rotatable bonds is 3. The van der Waals surface area contributed by atoms with Gasteiger partial charge < -0.3 is 10.2 Å². The summed E-state index contributed by atoms with van der Waals surface area (Å²) in [6.07, 6.45) is 0. The molecular weight excluding hydrogens is 386 g/mol. The predicted octanol–water partition coefficient (Wildman–Crippen LogP) is 3.02. The lowest BCUT2D eigenvalue weighted by Crippen LogP contribution is -2.29. The molecule has 0 bridgehead atoms. The number of nitro groups is 1. The number of phenolic OH excluding ortho intramolecular Hbond substituents is 2. The molecule has 2 N–H and O–H groups in total. The molecule has 0 aliphatic carbocycles. The van der Waals surface area contributed by atoms with Crippen molar-refractivity contribution in [3.8, 4) is 11.5 Å². The van der Waals surface area contributed by atoms with Crippen molar-refractivity contribution in [2.45, 2.75) is 10.5 Å². The van der Waals surface area contributed by atoms with Crippen LogP contribution in [0.5, 0.6) is 11.5 Å². The highest BCUT2D eigenvalue weighted by Gasteiger charge is 2.54. The van der Waals surface area contributed by atoms with Crippen molar-refractivity contribution in [3.63, 3.8) is 0 Å². The Morgan fingerprint density at radius 1 is 0.857 bits per heavy atom. The second-order valence-electron chi connectivity index (χ2n) is 6.22. The zero-order valence-corrected chi connectivity index (χ0v) is 15.0. The van der Waals surface area contributed by atoms with Crippen molar-refractivity contribution in [2.24, 2.45) is 0 Å². The molecule has 1 heterocycles. The molecule has 3 aromatic rings. The molecule has 0 saturated carbocycles. The van der Waals surface area contributed by atoms with Gasteiger partial charge in [0.05, 0.1) is 4.92 Å². The monoisotopic (exact) mass is 399 g/mol. The van der Waals surface area contributed by atoms with E-state index in [0.717, 1.165) is 6.07 Å². The van der Waals surface area contributed by atoms with E-state index in [9.17, 15) is 28.7 Å². The second-order valence-corrected chi connectivity index (χ2v) is 7.71. The molecular formula is C19H13NO7S. The van der Waals surface area contributed by atoms with Gasteiger partial charge in [0.2, 0.25) is 0 Å². The van der Waals surface area contributed by atoms with Gasteiger partial charge in [0.1, 0.15) is 11.5 Å². The lowest BCUT2D eigenvalue weighted by molar-refractivity contribution is -0.387. The van der Waals surface area contributed by atoms with Crippen molar-refractivity contribution in [1.82, 2.24) is 0 Å². The average Bonchev–Trinajstić information content (AvgIpc) is 2.91. The third-order valence-corrected chi connectivity index (χ3v) is 6.00. The highest BCUT2D eigenvalue weighted by atomic mass is 32.2. The van der Waals surface area contributed by atoms with Gasteiger partial charge in [0, 0.05) is 11.6 Å². The Morgan fingerprint density at radius 2 is 1.36 bits per heavy atom. The summed E-state index contributed by atoms with van der Waals surface area (Å²) in [5.41, 5.74) is -1.52. The van der Waals surface area contributed by atoms with Crippen LogP contribution in [0.1, 0.15) is 16.7 Å². The molecule has 3 aromatic carbocycles. The fraction of sp³-hybridized carbons (Fsp3) is 0.0526. The van der Waals surface area contributed by atoms with Crippen LogP contribution < -0.4 is 0 Å². The number of nitrogens with zero attached hydrogens (tertiary/aromatic N) is 1. The number of aromatic hydroxyl groups is 2. The van der Waals surface area contributed by atoms with E-state index in [2.05, 4.69) is 0 Å². The highest BCUT2D eigenvalue weighted by molar-refractivity contribution is 7.87. The number of benzene rings is 3. The Labute approximate surface area is 159 Å². The van der Waals surface area contributed by atoms with Gasteiger partial charge in [-0.25, -0.2) is 4.18 Å². The lowest BCUT2D eigenvalue weighted by atomic mass is 9.80. The molecule has 0 amide bonds. The normalized spacial score (nSPS) is 16.4. The van der Waals surface area contributed by atoms with Crippen molar-refractivity contribution in [1.29, 1.82) is 0 Å². The standard InChI is InChI=1S/C19H13NO7S/c21-14-8-4-12(5-9-14)19(13-6-10-15(22)11-7-13)16-2-1-3-17(20(23)24)18(16)28(25,26)27-19/h1-11,21-22H. The van der Waals surface area contributed by atoms with Crippen LogP contribution in [0, 0.1) is 10.1 Å². The van der Waals surface area contributed by atoms with Crippen LogP contribution in [0.3, 0.4) is 0 Å². The van der Waals surface area contributed by atoms with E-state index in [1.165, 1.54) is 60.7 Å². The summed E-state index contributed by atoms with van der Waals surface area (Å²) < 4.78 is 31.3. The summed E-state index contributed by atoms with van der Waals surface area (Å²) >= 11 is 0. The first-order valence-electron chi connectivity index (χ1n) is 8.08. The predicted molar refractivity (Wildman–Crippen MR) is 97.5 cm³/mol. The number of fused-ring (bicyclic) bond motifs is 1. The molecule has 1 aliphatic heterocycles. The van der Waals surface area contributed by atoms with Crippen molar-refractivity contribution < 1.29 is 27.7 Å². The zero-order valence-electron chi connectivity index (χ0n) is 14.1. The molecule has 0 aromatic heterocycles. The molecule has 142 valence electrons. The molecule has 0 unspecified atom stereocenters. The first-order chi connectivity index (χ1) is 13.3. The summed E-state index contributed by atoms with van der Waals surface area (Å²) in [6, 6.07) is 15.3. The summed E-state index contributed by atoms with van der Waals surface area (Å²) in [5.74, 6) is -0.0746. The Morgan fingerprint density at radius 3 is 1.82 bits per heavy atom. The molecule has 4 rings (SSSR count). The van der Waals surface area contributed by atoms with Crippen LogP contribution in [0.2, 0.25) is 0 Å². The van der Waals surface area contributed by atoms with Crippen LogP contribution in [0.25, 0.3) is 0 Å². The quantitative estimate of drug-likeness (QED) is 0.394. The SMILES string of the molecule is O=[N+]([O-])c1cccc2c1S(=O)(=O)OC2(c1ccc(O)cc1)c1ccc(O)cc1. The maximum absolute atomic E-state index is 12.8. The van der Waals surface area contributed by atoms with Crippen LogP contribution in [-0.4, -0.2) is 23.6 Å². The van der Waals surface area contributed by atoms with Gasteiger partial charge in [-0.15, -0.1) is 0 Å². The molecule has 0 radical (unpaired) electrons. The van der Waals surface area contributed by atoms with Crippen LogP contribution >= 0.6 is 0 Å². The molecule has 9 heteroatoms. The van der Waals surface area contributed by atoms with E-state index in [4.69, 9.17) is 4.18 Å². The minimum Gasteiger partial charge on any atom is -0.508 e. The fourth-order valence-electron chi connectivity index (χ4n) is 3.43. The van der Waals surface area contributed by atoms with Gasteiger partial charge in [-0.3, -0.25) is 10.1 Å². The summed E-state index contributed by atoms with van der Waals surface area (Å²) in [7, 11) is -4.47. The molecule has 0 saturated heterocycles. The Bertz CT molecular complexity index is 1140. The maximum Gasteiger partial charge on any atom is 0.305 e. The van der Waals surface area contributed by atoms with Gasteiger partial charge in [-0.1, -0.05) is 36.4 Å². The van der Waals surface area contributed by atoms with Crippen LogP contribution in [-0.2, 0) is 19.9 Å². The van der Waals surface area contributed by atoms with Gasteiger partial charge in [-0.05, 0) is 35.4 Å². The van der Waals surface area contributed by atoms with Gasteiger partial charge in [0.25, 0.3) is 5.69 Å². The molecule has 0 spiro atoms. The third-order valence-electron chi connectivity index (χ3n) is 4.60. The largest absolute Gasteiger partial charge is 0.508 e. The average molecular weight is 399 g/mol. The fourth-order valence-corrected chi connectivity index (χ4v) is 5.00. The maximum atomic E-state index is 12.8. The Hall–Kier alpha value is -3.43. The van der Waals surface area contributed by atoms with Gasteiger partial charge in [0.15, 0.2) is 10.5 Å². The van der Waals surface area contributed by atoms with Crippen molar-refractivity contribution >= 4 is 15.8 Å². The topological polar surface area (TPSA) is 127 Å². The van der Waals surface area contributed by atoms with E-state index in [1.54, 1.807) is 0 Å². The summed E-state index contributed by atoms with van der Waals surface area (Å²) in [4.78, 5) is 10.2. The lowest BCUT2D eigenvalue weighted by Gasteiger charge is -2.29. The summed E-state index contributed by atoms with van der Waals surface area (Å²) in [6.45, 7) is 0. The van der Waals surface area contributed by atoms with Crippen LogP contribution in [0.4, 0.5) is 5.69 Å². The van der Waals surface area contributed by atoms with Crippen molar-refractivity contribution in [3.05, 3.63) is 93.5 Å². The summed E-state index contributed by atoms with van der Waals surface area (Å²) in [5, 5.41) is 30.7. The van der Waals surface area contributed by atoms with E-state index in [0.29, 0.717) is 11.1 Å². The number of nitro benzene ring substituents is 1. The first kappa shape index (κ1) is 18.0. The minimum atomic E-state index is -4.47. The molecule has 1 aliphatic rings. The zero-order chi connectivity index (χ0) is 20.1. The third kappa shape index (κ3) is 2.52. The van der Waals surface area contributed by atoms with E-state index in [1.807, 2.05) is 0 Å². The molecule has 0 fully saturated rings. The van der Waals surface area contributed by atoms with Gasteiger partial charge >= 0.3 is 10.1 Å². The van der Waals surface area contributed by atoms with E-state index >= 15 is 0 Å². The Kier molecular flexibility index (Phi) is 3.88. The van der Waals surface area contributed by atoms with Gasteiger partial charge in [-0.2, -0.15) is 8.42 Å². The van der Waals surface area contributed by atoms with E-state index < -0.39 is 31.2 Å². The molecule has 0 atom stereocenters.